The number of pyridine rings is 2. The minimum absolute atomic E-state index is 0.00807. The molecule has 5 aromatic carbocycles. The Kier molecular flexibility index (Phi) is 5.95. The topological polar surface area (TPSA) is 38.6 Å². The Morgan fingerprint density at radius 1 is 0.549 bits per heavy atom. The summed E-state index contributed by atoms with van der Waals surface area (Å²) in [5.74, 6) is 0. The van der Waals surface area contributed by atoms with Gasteiger partial charge in [0.15, 0.2) is 0 Å². The lowest BCUT2D eigenvalue weighted by Gasteiger charge is -2.25. The second-order valence-corrected chi connectivity index (χ2v) is 13.3. The molecule has 1 aliphatic carbocycles. The molecule has 0 radical (unpaired) electrons. The van der Waals surface area contributed by atoms with Gasteiger partial charge in [0.2, 0.25) is 17.1 Å². The van der Waals surface area contributed by atoms with Gasteiger partial charge in [0.1, 0.15) is 11.6 Å². The Morgan fingerprint density at radius 2 is 1.25 bits per heavy atom. The Morgan fingerprint density at radius 3 is 2.02 bits per heavy atom. The van der Waals surface area contributed by atoms with Crippen LogP contribution in [0.25, 0.3) is 71.6 Å². The molecule has 0 fully saturated rings. The van der Waals surface area contributed by atoms with Crippen molar-refractivity contribution in [3.05, 3.63) is 176 Å². The van der Waals surface area contributed by atoms with Crippen LogP contribution in [-0.2, 0) is 0 Å². The van der Waals surface area contributed by atoms with E-state index in [9.17, 15) is 0 Å². The van der Waals surface area contributed by atoms with Gasteiger partial charge in [0.05, 0.1) is 16.6 Å². The van der Waals surface area contributed by atoms with Crippen molar-refractivity contribution in [1.82, 2.24) is 23.7 Å². The molecule has 0 spiro atoms. The van der Waals surface area contributed by atoms with Gasteiger partial charge in [-0.15, -0.1) is 0 Å². The quantitative estimate of drug-likeness (QED) is 0.178. The minimum Gasteiger partial charge on any atom is -0.318 e. The van der Waals surface area contributed by atoms with E-state index >= 15 is 0 Å². The summed E-state index contributed by atoms with van der Waals surface area (Å²) in [5.41, 5.74) is 13.9. The molecule has 1 atom stereocenters. The second kappa shape index (κ2) is 10.8. The Bertz CT molecular complexity index is 2890. The number of para-hydroxylation sites is 3. The smallest absolute Gasteiger partial charge is 0.235 e. The van der Waals surface area contributed by atoms with Crippen LogP contribution in [0, 0.1) is 0 Å². The van der Waals surface area contributed by atoms with E-state index in [0.717, 1.165) is 39.3 Å². The van der Waals surface area contributed by atoms with Gasteiger partial charge in [0.25, 0.3) is 0 Å². The number of hydrogen-bond donors (Lipinski definition) is 0. The third-order valence-corrected chi connectivity index (χ3v) is 10.5. The number of fused-ring (bicyclic) bond motifs is 9. The van der Waals surface area contributed by atoms with Crippen molar-refractivity contribution in [3.8, 4) is 27.9 Å². The lowest BCUT2D eigenvalue weighted by molar-refractivity contribution is 0.781. The summed E-state index contributed by atoms with van der Waals surface area (Å²) < 4.78 is 7.44. The van der Waals surface area contributed by atoms with Gasteiger partial charge in [-0.2, -0.15) is 4.58 Å². The second-order valence-electron chi connectivity index (χ2n) is 13.3. The molecule has 0 saturated carbocycles. The van der Waals surface area contributed by atoms with Gasteiger partial charge in [-0.1, -0.05) is 78.9 Å². The Labute approximate surface area is 294 Å². The normalized spacial score (nSPS) is 15.0. The maximum atomic E-state index is 4.47. The Balaban J connectivity index is 1.24. The van der Waals surface area contributed by atoms with Gasteiger partial charge >= 0.3 is 0 Å². The highest BCUT2D eigenvalue weighted by atomic mass is 15.2. The van der Waals surface area contributed by atoms with Crippen LogP contribution in [0.2, 0.25) is 0 Å². The molecule has 0 bridgehead atoms. The first-order valence-corrected chi connectivity index (χ1v) is 17.4. The summed E-state index contributed by atoms with van der Waals surface area (Å²) >= 11 is 0. The van der Waals surface area contributed by atoms with Crippen molar-refractivity contribution >= 4 is 60.7 Å². The average molecular weight is 653 g/mol. The summed E-state index contributed by atoms with van der Waals surface area (Å²) in [6, 6.07) is 46.1. The van der Waals surface area contributed by atoms with Crippen LogP contribution in [0.5, 0.6) is 0 Å². The van der Waals surface area contributed by atoms with Crippen LogP contribution in [0.1, 0.15) is 6.04 Å². The van der Waals surface area contributed by atoms with E-state index < -0.39 is 0 Å². The average Bonchev–Trinajstić information content (AvgIpc) is 3.73. The van der Waals surface area contributed by atoms with Crippen LogP contribution in [0.4, 0.5) is 11.4 Å². The molecule has 4 aromatic heterocycles. The fourth-order valence-electron chi connectivity index (χ4n) is 8.47. The molecule has 238 valence electrons. The number of allylic oxidation sites excluding steroid dienone is 4. The molecule has 5 heteroatoms. The summed E-state index contributed by atoms with van der Waals surface area (Å²) in [7, 11) is 0. The van der Waals surface area contributed by atoms with E-state index in [4.69, 9.17) is 0 Å². The number of hydrogen-bond acceptors (Lipinski definition) is 2. The number of aromatic nitrogens is 4. The van der Waals surface area contributed by atoms with E-state index in [-0.39, 0.29) is 6.04 Å². The summed E-state index contributed by atoms with van der Waals surface area (Å²) in [5, 5.41) is 5.10. The van der Waals surface area contributed by atoms with Gasteiger partial charge < -0.3 is 9.13 Å². The van der Waals surface area contributed by atoms with Gasteiger partial charge in [0, 0.05) is 87.4 Å². The first-order chi connectivity index (χ1) is 25.3. The molecule has 5 nitrogen and oxygen atoms in total. The van der Waals surface area contributed by atoms with Gasteiger partial charge in [-0.25, -0.2) is 0 Å². The van der Waals surface area contributed by atoms with Crippen LogP contribution < -0.4 is 4.58 Å². The zero-order valence-electron chi connectivity index (χ0n) is 27.6. The SMILES string of the molecule is C1=CC2=[N+](c3cc(-c4cccnc4)cc(-c4cccnc4)c3)c3cccc4c5c6c7ccccc7n(-c7ccccc7)c6ccc5n(c34)C2C=C1. The van der Waals surface area contributed by atoms with E-state index in [0.29, 0.717) is 0 Å². The molecule has 1 unspecified atom stereocenters. The fraction of sp³-hybridized carbons (Fsp3) is 0.0217. The summed E-state index contributed by atoms with van der Waals surface area (Å²) in [6.45, 7) is 0. The summed E-state index contributed by atoms with van der Waals surface area (Å²) in [6.07, 6.45) is 16.5. The molecule has 0 amide bonds. The first-order valence-electron chi connectivity index (χ1n) is 17.4. The number of rotatable bonds is 4. The molecule has 0 saturated heterocycles. The maximum absolute atomic E-state index is 4.47. The van der Waals surface area contributed by atoms with Gasteiger partial charge in [-0.05, 0) is 59.7 Å². The van der Waals surface area contributed by atoms with Crippen molar-refractivity contribution in [3.63, 3.8) is 0 Å². The van der Waals surface area contributed by atoms with Crippen molar-refractivity contribution < 1.29 is 0 Å². The predicted molar refractivity (Wildman–Crippen MR) is 210 cm³/mol. The molecule has 0 N–H and O–H groups in total. The number of nitrogens with zero attached hydrogens (tertiary/aromatic N) is 5. The standard InChI is InChI=1S/C46H30N5/c1-2-13-34(14-3-1)49-38-17-5-4-15-36(38)44-41(49)21-22-42-45(44)37-16-8-20-43-46(37)51(42)40-19-7-6-18-39(40)50(43)35-26-32(30-11-9-23-47-28-30)25-33(27-35)31-12-10-24-48-29-31/h1-29,40H/q+1. The molecule has 5 heterocycles. The molecule has 11 rings (SSSR count). The van der Waals surface area contributed by atoms with E-state index in [2.05, 4.69) is 163 Å². The van der Waals surface area contributed by atoms with Crippen molar-refractivity contribution in [2.45, 2.75) is 6.04 Å². The zero-order chi connectivity index (χ0) is 33.5. The zero-order valence-corrected chi connectivity index (χ0v) is 27.6. The van der Waals surface area contributed by atoms with Crippen molar-refractivity contribution in [2.75, 3.05) is 0 Å². The van der Waals surface area contributed by atoms with Crippen LogP contribution in [0.15, 0.2) is 176 Å². The van der Waals surface area contributed by atoms with Crippen molar-refractivity contribution in [1.29, 1.82) is 0 Å². The minimum atomic E-state index is 0.00807. The first kappa shape index (κ1) is 28.0. The largest absolute Gasteiger partial charge is 0.318 e. The molecule has 51 heavy (non-hydrogen) atoms. The van der Waals surface area contributed by atoms with Crippen LogP contribution in [-0.4, -0.2) is 24.8 Å². The third kappa shape index (κ3) is 4.06. The number of benzene rings is 5. The molecule has 1 aliphatic heterocycles. The predicted octanol–water partition coefficient (Wildman–Crippen LogP) is 11.0. The van der Waals surface area contributed by atoms with Crippen molar-refractivity contribution in [2.24, 2.45) is 0 Å². The monoisotopic (exact) mass is 652 g/mol. The maximum Gasteiger partial charge on any atom is 0.235 e. The Hall–Kier alpha value is -6.85. The van der Waals surface area contributed by atoms with Gasteiger partial charge in [-0.3, -0.25) is 9.97 Å². The highest BCUT2D eigenvalue weighted by Gasteiger charge is 2.38. The highest BCUT2D eigenvalue weighted by molar-refractivity contribution is 6.30. The van der Waals surface area contributed by atoms with E-state index in [1.54, 1.807) is 0 Å². The molecule has 2 aliphatic rings. The lowest BCUT2D eigenvalue weighted by atomic mass is 9.97. The summed E-state index contributed by atoms with van der Waals surface area (Å²) in [4.78, 5) is 8.94. The molecular weight excluding hydrogens is 623 g/mol. The molecule has 9 aromatic rings. The third-order valence-electron chi connectivity index (χ3n) is 10.5. The van der Waals surface area contributed by atoms with E-state index in [1.807, 2.05) is 36.9 Å². The van der Waals surface area contributed by atoms with Crippen LogP contribution >= 0.6 is 0 Å². The van der Waals surface area contributed by atoms with E-state index in [1.165, 1.54) is 49.3 Å². The lowest BCUT2D eigenvalue weighted by Crippen LogP contribution is -2.30. The molecular formula is C46H30N5+. The fourth-order valence-corrected chi connectivity index (χ4v) is 8.47. The van der Waals surface area contributed by atoms with Crippen LogP contribution in [0.3, 0.4) is 0 Å². The highest BCUT2D eigenvalue weighted by Crippen LogP contribution is 2.48.